The third-order valence-corrected chi connectivity index (χ3v) is 4.41. The van der Waals surface area contributed by atoms with Gasteiger partial charge in [-0.1, -0.05) is 26.0 Å². The molecule has 0 heterocycles. The Kier molecular flexibility index (Phi) is 10.1. The maximum absolute atomic E-state index is 12.3. The van der Waals surface area contributed by atoms with E-state index in [1.807, 2.05) is 0 Å². The summed E-state index contributed by atoms with van der Waals surface area (Å²) in [6.45, 7) is 2.58. The number of carboxylic acids is 2. The van der Waals surface area contributed by atoms with Gasteiger partial charge in [0.1, 0.15) is 17.8 Å². The number of amides is 3. The number of carbonyl (C=O) groups is 5. The van der Waals surface area contributed by atoms with E-state index in [0.717, 1.165) is 0 Å². The second-order valence-corrected chi connectivity index (χ2v) is 7.48. The van der Waals surface area contributed by atoms with Gasteiger partial charge >= 0.3 is 11.9 Å². The Morgan fingerprint density at radius 3 is 2.06 bits per heavy atom. The molecule has 12 nitrogen and oxygen atoms in total. The normalized spacial score (nSPS) is 13.5. The summed E-state index contributed by atoms with van der Waals surface area (Å²) in [5, 5.41) is 34.1. The Balaban J connectivity index is 2.69. The number of hydrogen-bond acceptors (Lipinski definition) is 7. The number of benzene rings is 1. The zero-order valence-corrected chi connectivity index (χ0v) is 17.7. The molecule has 0 aliphatic carbocycles. The second kappa shape index (κ2) is 12.2. The van der Waals surface area contributed by atoms with Crippen LogP contribution in [0.1, 0.15) is 25.8 Å². The number of carboxylic acid groups (broad SMARTS) is 2. The van der Waals surface area contributed by atoms with Crippen LogP contribution in [0.4, 0.5) is 0 Å². The Hall–Kier alpha value is -3.67. The molecule has 0 aromatic heterocycles. The fourth-order valence-electron chi connectivity index (χ4n) is 2.67. The van der Waals surface area contributed by atoms with Gasteiger partial charge in [0.05, 0.1) is 19.0 Å². The van der Waals surface area contributed by atoms with E-state index in [1.165, 1.54) is 12.1 Å². The van der Waals surface area contributed by atoms with Crippen molar-refractivity contribution >= 4 is 29.7 Å². The minimum absolute atomic E-state index is 0.0390. The van der Waals surface area contributed by atoms with Crippen LogP contribution in [0.2, 0.25) is 0 Å². The van der Waals surface area contributed by atoms with E-state index in [1.54, 1.807) is 26.0 Å². The average molecular weight is 452 g/mol. The Bertz CT molecular complexity index is 841. The highest BCUT2D eigenvalue weighted by atomic mass is 16.4. The van der Waals surface area contributed by atoms with Gasteiger partial charge in [0, 0.05) is 0 Å². The summed E-state index contributed by atoms with van der Waals surface area (Å²) in [6, 6.07) is 2.19. The molecule has 0 saturated carbocycles. The van der Waals surface area contributed by atoms with Crippen molar-refractivity contribution in [2.45, 2.75) is 44.8 Å². The first-order chi connectivity index (χ1) is 14.9. The van der Waals surface area contributed by atoms with Crippen LogP contribution in [0.15, 0.2) is 24.3 Å². The highest BCUT2D eigenvalue weighted by molar-refractivity contribution is 5.94. The summed E-state index contributed by atoms with van der Waals surface area (Å²) in [7, 11) is 0. The lowest BCUT2D eigenvalue weighted by Crippen LogP contribution is -2.54. The number of hydrogen-bond donors (Lipinski definition) is 7. The molecule has 1 rings (SSSR count). The first-order valence-corrected chi connectivity index (χ1v) is 9.76. The number of carbonyl (C=O) groups excluding carboxylic acids is 3. The van der Waals surface area contributed by atoms with Crippen molar-refractivity contribution in [3.8, 4) is 5.75 Å². The third kappa shape index (κ3) is 9.00. The van der Waals surface area contributed by atoms with Crippen LogP contribution in [0.3, 0.4) is 0 Å². The Morgan fingerprint density at radius 1 is 0.969 bits per heavy atom. The molecule has 176 valence electrons. The standard InChI is InChI=1S/C20H28N4O8/c1-10(2)17(20(31)32)24-15(26)9-22-19(30)14(8-16(27)28)23-18(29)13(21)7-11-3-5-12(25)6-4-11/h3-6,10,13-14,17,25H,7-9,21H2,1-2H3,(H,22,30)(H,23,29)(H,24,26)(H,27,28)(H,31,32). The Morgan fingerprint density at radius 2 is 1.56 bits per heavy atom. The van der Waals surface area contributed by atoms with Gasteiger partial charge in [-0.2, -0.15) is 0 Å². The lowest BCUT2D eigenvalue weighted by Gasteiger charge is -2.20. The largest absolute Gasteiger partial charge is 0.508 e. The average Bonchev–Trinajstić information content (AvgIpc) is 2.70. The molecule has 32 heavy (non-hydrogen) atoms. The molecule has 0 aliphatic heterocycles. The summed E-state index contributed by atoms with van der Waals surface area (Å²) in [5.74, 6) is -5.48. The monoisotopic (exact) mass is 452 g/mol. The zero-order valence-electron chi connectivity index (χ0n) is 17.7. The molecule has 0 saturated heterocycles. The van der Waals surface area contributed by atoms with Gasteiger partial charge in [-0.25, -0.2) is 4.79 Å². The van der Waals surface area contributed by atoms with Crippen molar-refractivity contribution < 1.29 is 39.3 Å². The second-order valence-electron chi connectivity index (χ2n) is 7.48. The SMILES string of the molecule is CC(C)C(NC(=O)CNC(=O)C(CC(=O)O)NC(=O)C(N)Cc1ccc(O)cc1)C(=O)O. The van der Waals surface area contributed by atoms with Crippen LogP contribution in [0, 0.1) is 5.92 Å². The highest BCUT2D eigenvalue weighted by Crippen LogP contribution is 2.11. The van der Waals surface area contributed by atoms with Gasteiger partial charge < -0.3 is 37.0 Å². The maximum Gasteiger partial charge on any atom is 0.326 e. The predicted molar refractivity (Wildman–Crippen MR) is 111 cm³/mol. The van der Waals surface area contributed by atoms with Crippen LogP contribution in [-0.2, 0) is 30.4 Å². The van der Waals surface area contributed by atoms with Crippen LogP contribution in [-0.4, -0.2) is 69.7 Å². The van der Waals surface area contributed by atoms with Gasteiger partial charge in [-0.05, 0) is 30.0 Å². The van der Waals surface area contributed by atoms with Crippen LogP contribution in [0.5, 0.6) is 5.75 Å². The van der Waals surface area contributed by atoms with Gasteiger partial charge in [-0.15, -0.1) is 0 Å². The van der Waals surface area contributed by atoms with E-state index in [-0.39, 0.29) is 12.2 Å². The van der Waals surface area contributed by atoms with Crippen LogP contribution < -0.4 is 21.7 Å². The minimum Gasteiger partial charge on any atom is -0.508 e. The molecular weight excluding hydrogens is 424 g/mol. The molecule has 1 aromatic carbocycles. The number of rotatable bonds is 12. The Labute approximate surface area is 184 Å². The summed E-state index contributed by atoms with van der Waals surface area (Å²) >= 11 is 0. The third-order valence-electron chi connectivity index (χ3n) is 4.41. The summed E-state index contributed by atoms with van der Waals surface area (Å²) in [6.07, 6.45) is -0.684. The quantitative estimate of drug-likeness (QED) is 0.198. The number of nitrogens with two attached hydrogens (primary N) is 1. The molecule has 0 fully saturated rings. The van der Waals surface area contributed by atoms with E-state index >= 15 is 0 Å². The first kappa shape index (κ1) is 26.4. The fraction of sp³-hybridized carbons (Fsp3) is 0.450. The van der Waals surface area contributed by atoms with Gasteiger partial charge in [0.15, 0.2) is 0 Å². The summed E-state index contributed by atoms with van der Waals surface area (Å²) in [5.41, 5.74) is 6.47. The number of aliphatic carboxylic acids is 2. The minimum atomic E-state index is -1.50. The molecule has 12 heteroatoms. The molecule has 8 N–H and O–H groups in total. The molecule has 1 aromatic rings. The smallest absolute Gasteiger partial charge is 0.326 e. The van der Waals surface area contributed by atoms with Crippen molar-refractivity contribution in [1.82, 2.24) is 16.0 Å². The van der Waals surface area contributed by atoms with Crippen molar-refractivity contribution in [2.24, 2.45) is 11.7 Å². The van der Waals surface area contributed by atoms with Gasteiger partial charge in [-0.3, -0.25) is 19.2 Å². The molecule has 0 bridgehead atoms. The van der Waals surface area contributed by atoms with Crippen LogP contribution >= 0.6 is 0 Å². The van der Waals surface area contributed by atoms with Crippen molar-refractivity contribution in [1.29, 1.82) is 0 Å². The molecule has 3 unspecified atom stereocenters. The lowest BCUT2D eigenvalue weighted by atomic mass is 10.0. The van der Waals surface area contributed by atoms with E-state index in [2.05, 4.69) is 16.0 Å². The number of phenols is 1. The number of phenolic OH excluding ortho intramolecular Hbond substituents is 1. The fourth-order valence-corrected chi connectivity index (χ4v) is 2.67. The van der Waals surface area contributed by atoms with Crippen molar-refractivity contribution in [2.75, 3.05) is 6.54 Å². The molecule has 0 spiro atoms. The predicted octanol–water partition coefficient (Wildman–Crippen LogP) is -1.44. The molecular formula is C20H28N4O8. The number of nitrogens with one attached hydrogen (secondary N) is 3. The van der Waals surface area contributed by atoms with E-state index in [0.29, 0.717) is 5.56 Å². The molecule has 0 radical (unpaired) electrons. The van der Waals surface area contributed by atoms with E-state index in [9.17, 15) is 29.1 Å². The zero-order chi connectivity index (χ0) is 24.4. The molecule has 0 aliphatic rings. The van der Waals surface area contributed by atoms with Crippen LogP contribution in [0.25, 0.3) is 0 Å². The van der Waals surface area contributed by atoms with Crippen molar-refractivity contribution in [3.05, 3.63) is 29.8 Å². The lowest BCUT2D eigenvalue weighted by molar-refractivity contribution is -0.143. The highest BCUT2D eigenvalue weighted by Gasteiger charge is 2.28. The summed E-state index contributed by atoms with van der Waals surface area (Å²) < 4.78 is 0. The maximum atomic E-state index is 12.3. The molecule has 3 atom stereocenters. The topological polar surface area (TPSA) is 208 Å². The van der Waals surface area contributed by atoms with Gasteiger partial charge in [0.2, 0.25) is 17.7 Å². The van der Waals surface area contributed by atoms with Gasteiger partial charge in [0.25, 0.3) is 0 Å². The molecule has 3 amide bonds. The van der Waals surface area contributed by atoms with E-state index in [4.69, 9.17) is 15.9 Å². The first-order valence-electron chi connectivity index (χ1n) is 9.76. The van der Waals surface area contributed by atoms with E-state index < -0.39 is 66.7 Å². The number of aromatic hydroxyl groups is 1. The van der Waals surface area contributed by atoms with Crippen molar-refractivity contribution in [3.63, 3.8) is 0 Å². The summed E-state index contributed by atoms with van der Waals surface area (Å²) in [4.78, 5) is 58.8.